The Labute approximate surface area is 166 Å². The SMILES string of the molecule is CC[NH+]1CCN(c2ccc(NC(=S)NC(=O)c3ccc(C)cc3)cc2)CC1. The molecule has 0 aliphatic carbocycles. The summed E-state index contributed by atoms with van der Waals surface area (Å²) in [7, 11) is 0. The second-order valence-electron chi connectivity index (χ2n) is 6.91. The van der Waals surface area contributed by atoms with Crippen molar-refractivity contribution in [1.82, 2.24) is 5.32 Å². The van der Waals surface area contributed by atoms with Gasteiger partial charge in [-0.2, -0.15) is 0 Å². The van der Waals surface area contributed by atoms with Gasteiger partial charge in [-0.25, -0.2) is 0 Å². The summed E-state index contributed by atoms with van der Waals surface area (Å²) in [6, 6.07) is 15.6. The molecule has 3 N–H and O–H groups in total. The van der Waals surface area contributed by atoms with Gasteiger partial charge in [0.25, 0.3) is 5.91 Å². The molecule has 0 bridgehead atoms. The zero-order valence-corrected chi connectivity index (χ0v) is 16.7. The van der Waals surface area contributed by atoms with Crippen molar-refractivity contribution in [2.75, 3.05) is 42.9 Å². The van der Waals surface area contributed by atoms with E-state index < -0.39 is 0 Å². The lowest BCUT2D eigenvalue weighted by molar-refractivity contribution is -0.898. The molecule has 0 radical (unpaired) electrons. The zero-order chi connectivity index (χ0) is 19.2. The van der Waals surface area contributed by atoms with Crippen molar-refractivity contribution in [3.63, 3.8) is 0 Å². The first-order valence-electron chi connectivity index (χ1n) is 9.42. The number of piperazine rings is 1. The van der Waals surface area contributed by atoms with E-state index in [4.69, 9.17) is 12.2 Å². The number of nitrogens with one attached hydrogen (secondary N) is 3. The van der Waals surface area contributed by atoms with Gasteiger partial charge < -0.3 is 15.1 Å². The summed E-state index contributed by atoms with van der Waals surface area (Å²) in [5, 5.41) is 6.10. The Morgan fingerprint density at radius 2 is 1.70 bits per heavy atom. The van der Waals surface area contributed by atoms with Gasteiger partial charge in [-0.3, -0.25) is 10.1 Å². The van der Waals surface area contributed by atoms with Gasteiger partial charge in [0.15, 0.2) is 5.11 Å². The van der Waals surface area contributed by atoms with Gasteiger partial charge in [-0.05, 0) is 62.5 Å². The van der Waals surface area contributed by atoms with E-state index in [1.54, 1.807) is 17.0 Å². The van der Waals surface area contributed by atoms with Crippen LogP contribution in [0.15, 0.2) is 48.5 Å². The maximum Gasteiger partial charge on any atom is 0.257 e. The summed E-state index contributed by atoms with van der Waals surface area (Å²) >= 11 is 5.27. The summed E-state index contributed by atoms with van der Waals surface area (Å²) in [5.41, 5.74) is 3.80. The van der Waals surface area contributed by atoms with Crippen LogP contribution in [0.3, 0.4) is 0 Å². The molecule has 0 atom stereocenters. The molecule has 3 rings (SSSR count). The number of nitrogens with zero attached hydrogens (tertiary/aromatic N) is 1. The van der Waals surface area contributed by atoms with Crippen LogP contribution in [-0.2, 0) is 0 Å². The number of carbonyl (C=O) groups is 1. The highest BCUT2D eigenvalue weighted by molar-refractivity contribution is 7.80. The number of benzene rings is 2. The number of quaternary nitrogens is 1. The third-order valence-electron chi connectivity index (χ3n) is 5.00. The average Bonchev–Trinajstić information content (AvgIpc) is 2.69. The molecule has 1 heterocycles. The molecule has 1 aliphatic rings. The Morgan fingerprint density at radius 3 is 2.30 bits per heavy atom. The van der Waals surface area contributed by atoms with E-state index in [0.29, 0.717) is 10.7 Å². The number of likely N-dealkylation sites (N-methyl/N-ethyl adjacent to an activating group) is 1. The van der Waals surface area contributed by atoms with Crippen molar-refractivity contribution in [2.24, 2.45) is 0 Å². The Morgan fingerprint density at radius 1 is 1.07 bits per heavy atom. The fourth-order valence-corrected chi connectivity index (χ4v) is 3.44. The number of carbonyl (C=O) groups excluding carboxylic acids is 1. The van der Waals surface area contributed by atoms with Crippen LogP contribution in [-0.4, -0.2) is 43.7 Å². The zero-order valence-electron chi connectivity index (χ0n) is 15.9. The van der Waals surface area contributed by atoms with Gasteiger partial charge in [0, 0.05) is 16.9 Å². The molecular formula is C21H27N4OS+. The first-order valence-corrected chi connectivity index (χ1v) is 9.83. The van der Waals surface area contributed by atoms with E-state index in [1.807, 2.05) is 31.2 Å². The van der Waals surface area contributed by atoms with Crippen LogP contribution in [0.25, 0.3) is 0 Å². The van der Waals surface area contributed by atoms with Gasteiger partial charge >= 0.3 is 0 Å². The molecule has 1 amide bonds. The van der Waals surface area contributed by atoms with Crippen LogP contribution in [0.5, 0.6) is 0 Å². The van der Waals surface area contributed by atoms with Gasteiger partial charge in [-0.1, -0.05) is 17.7 Å². The van der Waals surface area contributed by atoms with Gasteiger partial charge in [0.05, 0.1) is 32.7 Å². The molecule has 0 saturated carbocycles. The maximum atomic E-state index is 12.2. The molecule has 1 aliphatic heterocycles. The topological polar surface area (TPSA) is 48.8 Å². The minimum Gasteiger partial charge on any atom is -0.360 e. The number of hydrogen-bond acceptors (Lipinski definition) is 3. The summed E-state index contributed by atoms with van der Waals surface area (Å²) in [4.78, 5) is 16.3. The highest BCUT2D eigenvalue weighted by Gasteiger charge is 2.18. The van der Waals surface area contributed by atoms with Crippen LogP contribution in [0.2, 0.25) is 0 Å². The van der Waals surface area contributed by atoms with Crippen LogP contribution < -0.4 is 20.4 Å². The number of anilines is 2. The molecule has 1 fully saturated rings. The molecule has 6 heteroatoms. The van der Waals surface area contributed by atoms with E-state index in [-0.39, 0.29) is 5.91 Å². The van der Waals surface area contributed by atoms with Gasteiger partial charge in [0.2, 0.25) is 0 Å². The molecule has 5 nitrogen and oxygen atoms in total. The van der Waals surface area contributed by atoms with Crippen molar-refractivity contribution >= 4 is 34.6 Å². The van der Waals surface area contributed by atoms with Crippen molar-refractivity contribution < 1.29 is 9.69 Å². The lowest BCUT2D eigenvalue weighted by Gasteiger charge is -2.33. The van der Waals surface area contributed by atoms with Crippen LogP contribution in [0.1, 0.15) is 22.8 Å². The predicted octanol–water partition coefficient (Wildman–Crippen LogP) is 1.85. The minimum atomic E-state index is -0.208. The Kier molecular flexibility index (Phi) is 6.42. The smallest absolute Gasteiger partial charge is 0.257 e. The number of aryl methyl sites for hydroxylation is 1. The van der Waals surface area contributed by atoms with Gasteiger partial charge in [0.1, 0.15) is 0 Å². The highest BCUT2D eigenvalue weighted by Crippen LogP contribution is 2.18. The van der Waals surface area contributed by atoms with Crippen LogP contribution in [0.4, 0.5) is 11.4 Å². The van der Waals surface area contributed by atoms with E-state index in [9.17, 15) is 4.79 Å². The normalized spacial score (nSPS) is 14.7. The predicted molar refractivity (Wildman–Crippen MR) is 115 cm³/mol. The second kappa shape index (κ2) is 8.97. The van der Waals surface area contributed by atoms with Crippen LogP contribution in [0, 0.1) is 6.92 Å². The molecular weight excluding hydrogens is 356 g/mol. The van der Waals surface area contributed by atoms with E-state index in [2.05, 4.69) is 34.6 Å². The maximum absolute atomic E-state index is 12.2. The van der Waals surface area contributed by atoms with Crippen LogP contribution >= 0.6 is 12.2 Å². The van der Waals surface area contributed by atoms with E-state index >= 15 is 0 Å². The van der Waals surface area contributed by atoms with Crippen molar-refractivity contribution in [2.45, 2.75) is 13.8 Å². The molecule has 0 unspecified atom stereocenters. The lowest BCUT2D eigenvalue weighted by atomic mass is 10.1. The van der Waals surface area contributed by atoms with E-state index in [0.717, 1.165) is 24.3 Å². The highest BCUT2D eigenvalue weighted by atomic mass is 32.1. The second-order valence-corrected chi connectivity index (χ2v) is 7.32. The molecule has 142 valence electrons. The fourth-order valence-electron chi connectivity index (χ4n) is 3.23. The minimum absolute atomic E-state index is 0.208. The molecule has 0 aromatic heterocycles. The molecule has 2 aromatic rings. The molecule has 1 saturated heterocycles. The largest absolute Gasteiger partial charge is 0.360 e. The van der Waals surface area contributed by atoms with Crippen molar-refractivity contribution in [3.05, 3.63) is 59.7 Å². The first-order chi connectivity index (χ1) is 13.0. The Balaban J connectivity index is 1.52. The van der Waals surface area contributed by atoms with Crippen molar-refractivity contribution in [1.29, 1.82) is 0 Å². The molecule has 27 heavy (non-hydrogen) atoms. The summed E-state index contributed by atoms with van der Waals surface area (Å²) in [5.74, 6) is -0.208. The summed E-state index contributed by atoms with van der Waals surface area (Å²) in [6.45, 7) is 9.97. The lowest BCUT2D eigenvalue weighted by Crippen LogP contribution is -3.14. The summed E-state index contributed by atoms with van der Waals surface area (Å²) in [6.07, 6.45) is 0. The van der Waals surface area contributed by atoms with E-state index in [1.165, 1.54) is 25.3 Å². The summed E-state index contributed by atoms with van der Waals surface area (Å²) < 4.78 is 0. The first kappa shape index (κ1) is 19.3. The molecule has 2 aromatic carbocycles. The number of amides is 1. The number of thiocarbonyl (C=S) groups is 1. The Hall–Kier alpha value is -2.44. The Bertz CT molecular complexity index is 781. The third-order valence-corrected chi connectivity index (χ3v) is 5.21. The third kappa shape index (κ3) is 5.28. The fraction of sp³-hybridized carbons (Fsp3) is 0.333. The number of rotatable bonds is 4. The van der Waals surface area contributed by atoms with Crippen molar-refractivity contribution in [3.8, 4) is 0 Å². The molecule has 0 spiro atoms. The quantitative estimate of drug-likeness (QED) is 0.706. The average molecular weight is 384 g/mol. The number of hydrogen-bond donors (Lipinski definition) is 3. The standard InChI is InChI=1S/C21H26N4OS/c1-3-24-12-14-25(15-13-24)19-10-8-18(9-11-19)22-21(27)23-20(26)17-6-4-16(2)5-7-17/h4-11H,3,12-15H2,1-2H3,(H2,22,23,26,27)/p+1. The monoisotopic (exact) mass is 383 g/mol. The van der Waals surface area contributed by atoms with Gasteiger partial charge in [-0.15, -0.1) is 0 Å².